The highest BCUT2D eigenvalue weighted by molar-refractivity contribution is 6.32. The van der Waals surface area contributed by atoms with Crippen LogP contribution in [-0.2, 0) is 6.54 Å². The van der Waals surface area contributed by atoms with E-state index in [4.69, 9.17) is 16.9 Å². The van der Waals surface area contributed by atoms with Crippen LogP contribution in [0, 0.1) is 17.1 Å². The van der Waals surface area contributed by atoms with Crippen molar-refractivity contribution in [1.29, 1.82) is 5.26 Å². The fourth-order valence-corrected chi connectivity index (χ4v) is 2.12. The van der Waals surface area contributed by atoms with Gasteiger partial charge < -0.3 is 4.90 Å². The Hall–Kier alpha value is -2.05. The molecule has 0 saturated heterocycles. The second kappa shape index (κ2) is 5.73. The minimum Gasteiger partial charge on any atom is -0.369 e. The van der Waals surface area contributed by atoms with Gasteiger partial charge in [0, 0.05) is 19.2 Å². The zero-order chi connectivity index (χ0) is 13.8. The van der Waals surface area contributed by atoms with E-state index >= 15 is 0 Å². The summed E-state index contributed by atoms with van der Waals surface area (Å²) in [4.78, 5) is 1.81. The van der Waals surface area contributed by atoms with Gasteiger partial charge in [-0.05, 0) is 18.2 Å². The molecule has 0 aliphatic rings. The van der Waals surface area contributed by atoms with Crippen molar-refractivity contribution in [3.05, 3.63) is 64.4 Å². The summed E-state index contributed by atoms with van der Waals surface area (Å²) in [5.74, 6) is -0.255. The Morgan fingerprint density at radius 2 is 1.95 bits per heavy atom. The molecule has 0 spiro atoms. The molecule has 0 heterocycles. The number of anilines is 1. The molecule has 4 heteroatoms. The van der Waals surface area contributed by atoms with Gasteiger partial charge >= 0.3 is 0 Å². The van der Waals surface area contributed by atoms with Crippen molar-refractivity contribution in [2.75, 3.05) is 11.9 Å². The van der Waals surface area contributed by atoms with E-state index in [1.807, 2.05) is 4.90 Å². The predicted molar refractivity (Wildman–Crippen MR) is 74.7 cm³/mol. The van der Waals surface area contributed by atoms with Crippen molar-refractivity contribution < 1.29 is 4.39 Å². The lowest BCUT2D eigenvalue weighted by atomic mass is 10.1. The molecule has 0 bridgehead atoms. The van der Waals surface area contributed by atoms with Gasteiger partial charge in [-0.1, -0.05) is 35.9 Å². The normalized spacial score (nSPS) is 10.0. The Bertz CT molecular complexity index is 634. The first kappa shape index (κ1) is 13.4. The van der Waals surface area contributed by atoms with Gasteiger partial charge in [-0.2, -0.15) is 5.26 Å². The highest BCUT2D eigenvalue weighted by Gasteiger charge is 2.12. The molecule has 0 atom stereocenters. The van der Waals surface area contributed by atoms with E-state index in [1.54, 1.807) is 43.4 Å². The summed E-state index contributed by atoms with van der Waals surface area (Å²) < 4.78 is 13.6. The van der Waals surface area contributed by atoms with E-state index in [9.17, 15) is 4.39 Å². The summed E-state index contributed by atoms with van der Waals surface area (Å²) in [7, 11) is 1.80. The van der Waals surface area contributed by atoms with Crippen LogP contribution in [0.3, 0.4) is 0 Å². The first-order chi connectivity index (χ1) is 9.13. The molecular formula is C15H12ClFN2. The third kappa shape index (κ3) is 2.86. The van der Waals surface area contributed by atoms with Crippen molar-refractivity contribution in [3.63, 3.8) is 0 Å². The molecule has 0 aromatic heterocycles. The quantitative estimate of drug-likeness (QED) is 0.846. The molecule has 0 aliphatic heterocycles. The molecule has 0 amide bonds. The first-order valence-corrected chi connectivity index (χ1v) is 6.14. The van der Waals surface area contributed by atoms with Gasteiger partial charge in [0.05, 0.1) is 16.3 Å². The second-order valence-corrected chi connectivity index (χ2v) is 4.60. The minimum atomic E-state index is -0.255. The molecule has 0 fully saturated rings. The largest absolute Gasteiger partial charge is 0.369 e. The number of nitriles is 1. The predicted octanol–water partition coefficient (Wildman–Crippen LogP) is 3.99. The molecule has 2 aromatic rings. The standard InChI is InChI=1S/C15H12ClFN2/c1-19(10-11-5-2-3-7-14(11)17)15-8-4-6-13(16)12(15)9-18/h2-8H,10H2,1H3. The second-order valence-electron chi connectivity index (χ2n) is 4.19. The summed E-state index contributed by atoms with van der Waals surface area (Å²) in [6.45, 7) is 0.377. The number of halogens is 2. The van der Waals surface area contributed by atoms with Crippen LogP contribution in [0.25, 0.3) is 0 Å². The van der Waals surface area contributed by atoms with Gasteiger partial charge in [-0.25, -0.2) is 4.39 Å². The van der Waals surface area contributed by atoms with Gasteiger partial charge in [-0.3, -0.25) is 0 Å². The van der Waals surface area contributed by atoms with Crippen LogP contribution in [0.1, 0.15) is 11.1 Å². The van der Waals surface area contributed by atoms with Crippen LogP contribution in [-0.4, -0.2) is 7.05 Å². The Morgan fingerprint density at radius 1 is 1.21 bits per heavy atom. The van der Waals surface area contributed by atoms with Crippen molar-refractivity contribution in [3.8, 4) is 6.07 Å². The van der Waals surface area contributed by atoms with E-state index in [0.29, 0.717) is 28.4 Å². The maximum Gasteiger partial charge on any atom is 0.128 e. The number of rotatable bonds is 3. The van der Waals surface area contributed by atoms with Crippen LogP contribution in [0.5, 0.6) is 0 Å². The van der Waals surface area contributed by atoms with Crippen LogP contribution in [0.2, 0.25) is 5.02 Å². The first-order valence-electron chi connectivity index (χ1n) is 5.76. The van der Waals surface area contributed by atoms with Gasteiger partial charge in [0.15, 0.2) is 0 Å². The number of nitrogens with zero attached hydrogens (tertiary/aromatic N) is 2. The number of hydrogen-bond donors (Lipinski definition) is 0. The fraction of sp³-hybridized carbons (Fsp3) is 0.133. The van der Waals surface area contributed by atoms with Gasteiger partial charge in [-0.15, -0.1) is 0 Å². The summed E-state index contributed by atoms with van der Waals surface area (Å²) in [5, 5.41) is 9.54. The van der Waals surface area contributed by atoms with E-state index in [-0.39, 0.29) is 5.82 Å². The maximum absolute atomic E-state index is 13.6. The molecule has 2 nitrogen and oxygen atoms in total. The Labute approximate surface area is 116 Å². The molecule has 0 radical (unpaired) electrons. The third-order valence-electron chi connectivity index (χ3n) is 2.88. The van der Waals surface area contributed by atoms with Crippen molar-refractivity contribution in [1.82, 2.24) is 0 Å². The zero-order valence-electron chi connectivity index (χ0n) is 10.4. The van der Waals surface area contributed by atoms with E-state index in [0.717, 1.165) is 0 Å². The highest BCUT2D eigenvalue weighted by Crippen LogP contribution is 2.27. The average molecular weight is 275 g/mol. The topological polar surface area (TPSA) is 27.0 Å². The van der Waals surface area contributed by atoms with Gasteiger partial charge in [0.1, 0.15) is 11.9 Å². The SMILES string of the molecule is CN(Cc1ccccc1F)c1cccc(Cl)c1C#N. The molecule has 19 heavy (non-hydrogen) atoms. The van der Waals surface area contributed by atoms with Crippen LogP contribution in [0.15, 0.2) is 42.5 Å². The molecule has 0 aliphatic carbocycles. The van der Waals surface area contributed by atoms with Gasteiger partial charge in [0.25, 0.3) is 0 Å². The van der Waals surface area contributed by atoms with Crippen LogP contribution >= 0.6 is 11.6 Å². The fourth-order valence-electron chi connectivity index (χ4n) is 1.91. The lowest BCUT2D eigenvalue weighted by Gasteiger charge is -2.21. The maximum atomic E-state index is 13.6. The van der Waals surface area contributed by atoms with Crippen molar-refractivity contribution >= 4 is 17.3 Å². The van der Waals surface area contributed by atoms with E-state index < -0.39 is 0 Å². The Morgan fingerprint density at radius 3 is 2.63 bits per heavy atom. The van der Waals surface area contributed by atoms with Crippen LogP contribution < -0.4 is 4.90 Å². The van der Waals surface area contributed by atoms with Crippen molar-refractivity contribution in [2.24, 2.45) is 0 Å². The molecule has 96 valence electrons. The molecule has 2 rings (SSSR count). The van der Waals surface area contributed by atoms with Crippen LogP contribution in [0.4, 0.5) is 10.1 Å². The van der Waals surface area contributed by atoms with E-state index in [1.165, 1.54) is 6.07 Å². The summed E-state index contributed by atoms with van der Waals surface area (Å²) in [6, 6.07) is 13.9. The lowest BCUT2D eigenvalue weighted by Crippen LogP contribution is -2.18. The smallest absolute Gasteiger partial charge is 0.128 e. The molecule has 0 unspecified atom stereocenters. The average Bonchev–Trinajstić information content (AvgIpc) is 2.41. The van der Waals surface area contributed by atoms with Crippen molar-refractivity contribution in [2.45, 2.75) is 6.54 Å². The lowest BCUT2D eigenvalue weighted by molar-refractivity contribution is 0.608. The molecular weight excluding hydrogens is 263 g/mol. The zero-order valence-corrected chi connectivity index (χ0v) is 11.2. The summed E-state index contributed by atoms with van der Waals surface area (Å²) >= 11 is 5.98. The highest BCUT2D eigenvalue weighted by atomic mass is 35.5. The summed E-state index contributed by atoms with van der Waals surface area (Å²) in [5.41, 5.74) is 1.68. The number of hydrogen-bond acceptors (Lipinski definition) is 2. The molecule has 0 N–H and O–H groups in total. The summed E-state index contributed by atoms with van der Waals surface area (Å²) in [6.07, 6.45) is 0. The Balaban J connectivity index is 2.31. The molecule has 0 saturated carbocycles. The monoisotopic (exact) mass is 274 g/mol. The van der Waals surface area contributed by atoms with Gasteiger partial charge in [0.2, 0.25) is 0 Å². The Kier molecular flexibility index (Phi) is 4.03. The third-order valence-corrected chi connectivity index (χ3v) is 3.19. The number of benzene rings is 2. The molecule has 2 aromatic carbocycles. The van der Waals surface area contributed by atoms with E-state index in [2.05, 4.69) is 6.07 Å². The minimum absolute atomic E-state index is 0.255.